The Hall–Kier alpha value is -1.94. The Kier molecular flexibility index (Phi) is 7.59. The van der Waals surface area contributed by atoms with E-state index in [1.807, 2.05) is 0 Å². The Morgan fingerprint density at radius 3 is 2.43 bits per heavy atom. The minimum absolute atomic E-state index is 0.0243. The summed E-state index contributed by atoms with van der Waals surface area (Å²) in [5.41, 5.74) is -0.311. The van der Waals surface area contributed by atoms with Gasteiger partial charge in [-0.15, -0.1) is 0 Å². The first-order valence-electron chi connectivity index (χ1n) is 8.41. The third kappa shape index (κ3) is 4.91. The maximum absolute atomic E-state index is 12.9. The van der Waals surface area contributed by atoms with Crippen molar-refractivity contribution >= 4 is 39.2 Å². The van der Waals surface area contributed by atoms with Crippen molar-refractivity contribution in [2.45, 2.75) is 25.2 Å². The number of rotatable bonds is 8. The molecular formula is C17H19Cl2N3O5S. The van der Waals surface area contributed by atoms with Gasteiger partial charge in [0.1, 0.15) is 11.6 Å². The molecule has 0 bridgehead atoms. The molecule has 0 aliphatic heterocycles. The molecule has 0 atom stereocenters. The molecule has 0 amide bonds. The van der Waals surface area contributed by atoms with Crippen LogP contribution in [0.5, 0.6) is 0 Å². The second-order valence-corrected chi connectivity index (χ2v) is 8.38. The normalized spacial score (nSPS) is 11.6. The van der Waals surface area contributed by atoms with Crippen LogP contribution in [0.2, 0.25) is 10.0 Å². The number of carbonyl (C=O) groups is 1. The molecule has 0 fully saturated rings. The average molecular weight is 448 g/mol. The summed E-state index contributed by atoms with van der Waals surface area (Å²) >= 11 is 11.6. The van der Waals surface area contributed by atoms with Crippen LogP contribution in [0.4, 0.5) is 0 Å². The van der Waals surface area contributed by atoms with Crippen molar-refractivity contribution in [2.75, 3.05) is 19.7 Å². The molecule has 0 aliphatic carbocycles. The highest BCUT2D eigenvalue weighted by molar-refractivity contribution is 7.89. The van der Waals surface area contributed by atoms with E-state index in [4.69, 9.17) is 27.9 Å². The highest BCUT2D eigenvalue weighted by atomic mass is 35.5. The Labute approximate surface area is 172 Å². The van der Waals surface area contributed by atoms with Gasteiger partial charge in [0.15, 0.2) is 0 Å². The Balaban J connectivity index is 2.35. The van der Waals surface area contributed by atoms with E-state index < -0.39 is 21.6 Å². The van der Waals surface area contributed by atoms with Gasteiger partial charge in [-0.25, -0.2) is 8.42 Å². The summed E-state index contributed by atoms with van der Waals surface area (Å²) in [4.78, 5) is 23.9. The standard InChI is InChI=1S/C17H19Cl2N3O5S/c1-3-9-21(11-15(23)27-4-2)28(25,26)13-7-5-12(6-8-13)22-17(24)16(19)14(18)10-20-22/h5-8,10H,3-4,9,11H2,1-2H3. The Morgan fingerprint density at radius 2 is 1.86 bits per heavy atom. The van der Waals surface area contributed by atoms with Crippen molar-refractivity contribution in [1.29, 1.82) is 0 Å². The third-order valence-electron chi connectivity index (χ3n) is 3.68. The van der Waals surface area contributed by atoms with Gasteiger partial charge in [0.25, 0.3) is 5.56 Å². The van der Waals surface area contributed by atoms with Crippen LogP contribution in [0, 0.1) is 0 Å². The van der Waals surface area contributed by atoms with E-state index in [0.717, 1.165) is 8.99 Å². The summed E-state index contributed by atoms with van der Waals surface area (Å²) in [6.07, 6.45) is 1.75. The molecule has 1 heterocycles. The molecule has 1 aromatic heterocycles. The number of aromatic nitrogens is 2. The molecule has 11 heteroatoms. The van der Waals surface area contributed by atoms with E-state index in [-0.39, 0.29) is 34.6 Å². The lowest BCUT2D eigenvalue weighted by molar-refractivity contribution is -0.143. The fourth-order valence-corrected chi connectivity index (χ4v) is 4.12. The van der Waals surface area contributed by atoms with Crippen molar-refractivity contribution in [3.05, 3.63) is 50.9 Å². The van der Waals surface area contributed by atoms with Gasteiger partial charge < -0.3 is 4.74 Å². The molecule has 1 aromatic carbocycles. The van der Waals surface area contributed by atoms with E-state index in [2.05, 4.69) is 5.10 Å². The lowest BCUT2D eigenvalue weighted by Crippen LogP contribution is -2.37. The quantitative estimate of drug-likeness (QED) is 0.576. The zero-order valence-corrected chi connectivity index (χ0v) is 17.6. The number of sulfonamides is 1. The number of benzene rings is 1. The zero-order valence-electron chi connectivity index (χ0n) is 15.3. The van der Waals surface area contributed by atoms with Crippen LogP contribution in [0.25, 0.3) is 5.69 Å². The summed E-state index contributed by atoms with van der Waals surface area (Å²) in [5, 5.41) is 3.73. The fraction of sp³-hybridized carbons (Fsp3) is 0.353. The molecule has 28 heavy (non-hydrogen) atoms. The van der Waals surface area contributed by atoms with Gasteiger partial charge in [0.05, 0.1) is 28.4 Å². The number of halogens is 2. The predicted molar refractivity (Wildman–Crippen MR) is 106 cm³/mol. The third-order valence-corrected chi connectivity index (χ3v) is 6.29. The maximum Gasteiger partial charge on any atom is 0.321 e. The lowest BCUT2D eigenvalue weighted by atomic mass is 10.3. The number of hydrogen-bond acceptors (Lipinski definition) is 6. The number of ether oxygens (including phenoxy) is 1. The summed E-state index contributed by atoms with van der Waals surface area (Å²) in [5.74, 6) is -0.622. The van der Waals surface area contributed by atoms with E-state index in [1.165, 1.54) is 30.5 Å². The minimum atomic E-state index is -3.92. The lowest BCUT2D eigenvalue weighted by Gasteiger charge is -2.20. The number of nitrogens with zero attached hydrogens (tertiary/aromatic N) is 3. The van der Waals surface area contributed by atoms with Gasteiger partial charge in [-0.1, -0.05) is 30.1 Å². The second kappa shape index (κ2) is 9.51. The van der Waals surface area contributed by atoms with Crippen LogP contribution in [-0.2, 0) is 19.6 Å². The van der Waals surface area contributed by atoms with Crippen molar-refractivity contribution in [2.24, 2.45) is 0 Å². The van der Waals surface area contributed by atoms with Crippen LogP contribution in [0.1, 0.15) is 20.3 Å². The molecule has 0 aliphatic rings. The zero-order chi connectivity index (χ0) is 20.9. The highest BCUT2D eigenvalue weighted by Gasteiger charge is 2.26. The molecule has 0 radical (unpaired) electrons. The highest BCUT2D eigenvalue weighted by Crippen LogP contribution is 2.19. The smallest absolute Gasteiger partial charge is 0.321 e. The Morgan fingerprint density at radius 1 is 1.21 bits per heavy atom. The van der Waals surface area contributed by atoms with Gasteiger partial charge in [-0.05, 0) is 37.6 Å². The second-order valence-electron chi connectivity index (χ2n) is 5.66. The van der Waals surface area contributed by atoms with E-state index in [0.29, 0.717) is 12.1 Å². The van der Waals surface area contributed by atoms with Crippen molar-refractivity contribution < 1.29 is 17.9 Å². The first-order valence-corrected chi connectivity index (χ1v) is 10.6. The van der Waals surface area contributed by atoms with Gasteiger partial charge in [-0.3, -0.25) is 9.59 Å². The number of esters is 1. The summed E-state index contributed by atoms with van der Waals surface area (Å²) in [6, 6.07) is 5.49. The van der Waals surface area contributed by atoms with Crippen molar-refractivity contribution in [1.82, 2.24) is 14.1 Å². The topological polar surface area (TPSA) is 98.6 Å². The molecule has 2 rings (SSSR count). The SMILES string of the molecule is CCCN(CC(=O)OCC)S(=O)(=O)c1ccc(-n2ncc(Cl)c(Cl)c2=O)cc1. The van der Waals surface area contributed by atoms with E-state index >= 15 is 0 Å². The molecule has 0 spiro atoms. The van der Waals surface area contributed by atoms with Crippen LogP contribution in [-0.4, -0.2) is 48.2 Å². The minimum Gasteiger partial charge on any atom is -0.465 e. The van der Waals surface area contributed by atoms with Gasteiger partial charge >= 0.3 is 5.97 Å². The van der Waals surface area contributed by atoms with Crippen LogP contribution < -0.4 is 5.56 Å². The molecular weight excluding hydrogens is 429 g/mol. The van der Waals surface area contributed by atoms with Gasteiger partial charge in [0, 0.05) is 6.54 Å². The molecule has 0 N–H and O–H groups in total. The van der Waals surface area contributed by atoms with Crippen LogP contribution in [0.3, 0.4) is 0 Å². The molecule has 8 nitrogen and oxygen atoms in total. The number of carbonyl (C=O) groups excluding carboxylic acids is 1. The van der Waals surface area contributed by atoms with E-state index in [9.17, 15) is 18.0 Å². The summed E-state index contributed by atoms with van der Waals surface area (Å²) in [7, 11) is -3.92. The number of hydrogen-bond donors (Lipinski definition) is 0. The van der Waals surface area contributed by atoms with Crippen molar-refractivity contribution in [3.8, 4) is 5.69 Å². The molecule has 0 unspecified atom stereocenters. The maximum atomic E-state index is 12.9. The van der Waals surface area contributed by atoms with E-state index in [1.54, 1.807) is 13.8 Å². The van der Waals surface area contributed by atoms with Gasteiger partial charge in [0.2, 0.25) is 10.0 Å². The van der Waals surface area contributed by atoms with Crippen LogP contribution in [0.15, 0.2) is 40.2 Å². The van der Waals surface area contributed by atoms with Gasteiger partial charge in [-0.2, -0.15) is 14.1 Å². The fourth-order valence-electron chi connectivity index (χ4n) is 2.39. The summed E-state index contributed by atoms with van der Waals surface area (Å²) < 4.78 is 32.7. The summed E-state index contributed by atoms with van der Waals surface area (Å²) in [6.45, 7) is 3.41. The molecule has 2 aromatic rings. The van der Waals surface area contributed by atoms with Crippen LogP contribution >= 0.6 is 23.2 Å². The molecule has 152 valence electrons. The predicted octanol–water partition coefficient (Wildman–Crippen LogP) is 2.50. The largest absolute Gasteiger partial charge is 0.465 e. The first-order chi connectivity index (χ1) is 13.2. The average Bonchev–Trinajstić information content (AvgIpc) is 2.66. The van der Waals surface area contributed by atoms with Crippen molar-refractivity contribution in [3.63, 3.8) is 0 Å². The monoisotopic (exact) mass is 447 g/mol. The molecule has 0 saturated heterocycles. The first kappa shape index (κ1) is 22.4. The Bertz CT molecular complexity index is 1010. The molecule has 0 saturated carbocycles.